The van der Waals surface area contributed by atoms with Crippen LogP contribution in [0.5, 0.6) is 11.5 Å². The Hall–Kier alpha value is -1.71. The SMILES string of the molecule is CC(C)C(NC(=O)C1CC2CCC1C2)c1ccc2c(c1)OCCO2. The Morgan fingerprint density at radius 1 is 1.12 bits per heavy atom. The third-order valence-electron chi connectivity index (χ3n) is 5.96. The van der Waals surface area contributed by atoms with E-state index in [0.717, 1.165) is 29.4 Å². The summed E-state index contributed by atoms with van der Waals surface area (Å²) in [6.45, 7) is 5.49. The molecule has 1 N–H and O–H groups in total. The molecule has 0 spiro atoms. The number of hydrogen-bond acceptors (Lipinski definition) is 3. The standard InChI is InChI=1S/C20H27NO3/c1-12(2)19(15-5-6-17-18(11-15)24-8-7-23-17)21-20(22)16-10-13-3-4-14(16)9-13/h5-6,11-14,16,19H,3-4,7-10H2,1-2H3,(H,21,22). The van der Waals surface area contributed by atoms with Crippen molar-refractivity contribution < 1.29 is 14.3 Å². The maximum Gasteiger partial charge on any atom is 0.223 e. The average Bonchev–Trinajstić information content (AvgIpc) is 3.22. The molecule has 24 heavy (non-hydrogen) atoms. The molecule has 1 heterocycles. The molecule has 4 heteroatoms. The topological polar surface area (TPSA) is 47.6 Å². The lowest BCUT2D eigenvalue weighted by molar-refractivity contribution is -0.127. The number of benzene rings is 1. The zero-order chi connectivity index (χ0) is 16.7. The quantitative estimate of drug-likeness (QED) is 0.916. The van der Waals surface area contributed by atoms with Crippen LogP contribution in [0.15, 0.2) is 18.2 Å². The molecule has 1 amide bonds. The molecule has 2 bridgehead atoms. The van der Waals surface area contributed by atoms with Crippen LogP contribution in [0, 0.1) is 23.7 Å². The van der Waals surface area contributed by atoms with Gasteiger partial charge in [-0.05, 0) is 54.7 Å². The van der Waals surface area contributed by atoms with E-state index in [1.807, 2.05) is 12.1 Å². The molecular weight excluding hydrogens is 302 g/mol. The van der Waals surface area contributed by atoms with E-state index in [-0.39, 0.29) is 17.9 Å². The summed E-state index contributed by atoms with van der Waals surface area (Å²) < 4.78 is 11.3. The summed E-state index contributed by atoms with van der Waals surface area (Å²) in [5.74, 6) is 3.79. The van der Waals surface area contributed by atoms with Gasteiger partial charge >= 0.3 is 0 Å². The number of hydrogen-bond donors (Lipinski definition) is 1. The van der Waals surface area contributed by atoms with Crippen LogP contribution in [0.25, 0.3) is 0 Å². The Balaban J connectivity index is 1.51. The molecular formula is C20H27NO3. The molecule has 0 radical (unpaired) electrons. The molecule has 130 valence electrons. The Morgan fingerprint density at radius 2 is 1.92 bits per heavy atom. The molecule has 3 aliphatic rings. The van der Waals surface area contributed by atoms with Gasteiger partial charge in [-0.25, -0.2) is 0 Å². The molecule has 0 aromatic heterocycles. The van der Waals surface area contributed by atoms with Crippen molar-refractivity contribution in [2.45, 2.75) is 45.6 Å². The first-order valence-electron chi connectivity index (χ1n) is 9.31. The number of rotatable bonds is 4. The molecule has 1 aliphatic heterocycles. The van der Waals surface area contributed by atoms with Crippen molar-refractivity contribution in [3.05, 3.63) is 23.8 Å². The number of ether oxygens (including phenoxy) is 2. The van der Waals surface area contributed by atoms with Gasteiger partial charge in [0.1, 0.15) is 13.2 Å². The van der Waals surface area contributed by atoms with Crippen LogP contribution in [0.2, 0.25) is 0 Å². The highest BCUT2D eigenvalue weighted by Crippen LogP contribution is 2.48. The number of nitrogens with one attached hydrogen (secondary N) is 1. The summed E-state index contributed by atoms with van der Waals surface area (Å²) in [5.41, 5.74) is 1.10. The second kappa shape index (κ2) is 6.30. The van der Waals surface area contributed by atoms with Crippen LogP contribution >= 0.6 is 0 Å². The Bertz CT molecular complexity index is 627. The van der Waals surface area contributed by atoms with Gasteiger partial charge in [-0.2, -0.15) is 0 Å². The van der Waals surface area contributed by atoms with Gasteiger partial charge < -0.3 is 14.8 Å². The maximum absolute atomic E-state index is 12.8. The fraction of sp³-hybridized carbons (Fsp3) is 0.650. The normalized spacial score (nSPS) is 28.9. The van der Waals surface area contributed by atoms with Gasteiger partial charge in [0.25, 0.3) is 0 Å². The summed E-state index contributed by atoms with van der Waals surface area (Å²) in [7, 11) is 0. The van der Waals surface area contributed by atoms with Gasteiger partial charge in [-0.1, -0.05) is 26.3 Å². The molecule has 4 atom stereocenters. The minimum atomic E-state index is 0.0208. The van der Waals surface area contributed by atoms with Gasteiger partial charge in [0, 0.05) is 5.92 Å². The van der Waals surface area contributed by atoms with E-state index >= 15 is 0 Å². The van der Waals surface area contributed by atoms with Gasteiger partial charge in [0.15, 0.2) is 11.5 Å². The summed E-state index contributed by atoms with van der Waals surface area (Å²) in [6.07, 6.45) is 4.90. The summed E-state index contributed by atoms with van der Waals surface area (Å²) >= 11 is 0. The maximum atomic E-state index is 12.8. The van der Waals surface area contributed by atoms with Crippen molar-refractivity contribution in [1.29, 1.82) is 0 Å². The third-order valence-corrected chi connectivity index (χ3v) is 5.96. The average molecular weight is 329 g/mol. The predicted octanol–water partition coefficient (Wildman–Crippen LogP) is 3.71. The van der Waals surface area contributed by atoms with E-state index in [9.17, 15) is 4.79 Å². The monoisotopic (exact) mass is 329 g/mol. The Labute approximate surface area is 143 Å². The first-order valence-corrected chi connectivity index (χ1v) is 9.31. The number of carbonyl (C=O) groups excluding carboxylic acids is 1. The van der Waals surface area contributed by atoms with E-state index in [1.54, 1.807) is 0 Å². The molecule has 1 aromatic carbocycles. The van der Waals surface area contributed by atoms with Gasteiger partial charge in [-0.15, -0.1) is 0 Å². The van der Waals surface area contributed by atoms with Crippen molar-refractivity contribution in [3.63, 3.8) is 0 Å². The molecule has 0 saturated heterocycles. The summed E-state index contributed by atoms with van der Waals surface area (Å²) in [4.78, 5) is 12.8. The largest absolute Gasteiger partial charge is 0.486 e. The Morgan fingerprint density at radius 3 is 2.58 bits per heavy atom. The van der Waals surface area contributed by atoms with E-state index < -0.39 is 0 Å². The lowest BCUT2D eigenvalue weighted by Crippen LogP contribution is -2.38. The molecule has 1 aromatic rings. The minimum absolute atomic E-state index is 0.0208. The van der Waals surface area contributed by atoms with Crippen molar-refractivity contribution in [3.8, 4) is 11.5 Å². The van der Waals surface area contributed by atoms with E-state index in [0.29, 0.717) is 25.0 Å². The Kier molecular flexibility index (Phi) is 4.15. The van der Waals surface area contributed by atoms with Crippen molar-refractivity contribution in [1.82, 2.24) is 5.32 Å². The zero-order valence-corrected chi connectivity index (χ0v) is 14.6. The van der Waals surface area contributed by atoms with E-state index in [2.05, 4.69) is 25.2 Å². The number of amides is 1. The lowest BCUT2D eigenvalue weighted by Gasteiger charge is -2.28. The highest BCUT2D eigenvalue weighted by atomic mass is 16.6. The molecule has 2 aliphatic carbocycles. The van der Waals surface area contributed by atoms with E-state index in [1.165, 1.54) is 19.3 Å². The highest BCUT2D eigenvalue weighted by Gasteiger charge is 2.43. The molecule has 2 saturated carbocycles. The highest BCUT2D eigenvalue weighted by molar-refractivity contribution is 5.80. The van der Waals surface area contributed by atoms with Crippen molar-refractivity contribution >= 4 is 5.91 Å². The summed E-state index contributed by atoms with van der Waals surface area (Å²) in [5, 5.41) is 3.33. The van der Waals surface area contributed by atoms with Crippen LogP contribution < -0.4 is 14.8 Å². The van der Waals surface area contributed by atoms with Gasteiger partial charge in [0.05, 0.1) is 6.04 Å². The smallest absolute Gasteiger partial charge is 0.223 e. The molecule has 2 fully saturated rings. The molecule has 4 nitrogen and oxygen atoms in total. The predicted molar refractivity (Wildman–Crippen MR) is 92.1 cm³/mol. The molecule has 4 rings (SSSR count). The zero-order valence-electron chi connectivity index (χ0n) is 14.6. The minimum Gasteiger partial charge on any atom is -0.486 e. The third kappa shape index (κ3) is 2.87. The van der Waals surface area contributed by atoms with Crippen LogP contribution in [0.3, 0.4) is 0 Å². The van der Waals surface area contributed by atoms with Gasteiger partial charge in [-0.3, -0.25) is 4.79 Å². The fourth-order valence-electron chi connectivity index (χ4n) is 4.71. The van der Waals surface area contributed by atoms with Crippen LogP contribution in [0.1, 0.15) is 51.1 Å². The molecule has 4 unspecified atom stereocenters. The van der Waals surface area contributed by atoms with Crippen LogP contribution in [-0.4, -0.2) is 19.1 Å². The second-order valence-electron chi connectivity index (χ2n) is 7.91. The van der Waals surface area contributed by atoms with Crippen LogP contribution in [0.4, 0.5) is 0 Å². The van der Waals surface area contributed by atoms with Crippen molar-refractivity contribution in [2.24, 2.45) is 23.7 Å². The number of carbonyl (C=O) groups is 1. The lowest BCUT2D eigenvalue weighted by atomic mass is 9.87. The number of fused-ring (bicyclic) bond motifs is 3. The van der Waals surface area contributed by atoms with Gasteiger partial charge in [0.2, 0.25) is 5.91 Å². The first-order chi connectivity index (χ1) is 11.6. The first kappa shape index (κ1) is 15.8. The van der Waals surface area contributed by atoms with Crippen molar-refractivity contribution in [2.75, 3.05) is 13.2 Å². The van der Waals surface area contributed by atoms with Crippen LogP contribution in [-0.2, 0) is 4.79 Å². The van der Waals surface area contributed by atoms with E-state index in [4.69, 9.17) is 9.47 Å². The second-order valence-corrected chi connectivity index (χ2v) is 7.91. The fourth-order valence-corrected chi connectivity index (χ4v) is 4.71. The summed E-state index contributed by atoms with van der Waals surface area (Å²) in [6, 6.07) is 6.06.